The molecule has 28 heavy (non-hydrogen) atoms. The Morgan fingerprint density at radius 1 is 1.07 bits per heavy atom. The topological polar surface area (TPSA) is 49.4 Å². The fourth-order valence-corrected chi connectivity index (χ4v) is 4.21. The number of halogens is 1. The quantitative estimate of drug-likeness (QED) is 0.836. The summed E-state index contributed by atoms with van der Waals surface area (Å²) in [6, 6.07) is 16.1. The van der Waals surface area contributed by atoms with Gasteiger partial charge in [0.15, 0.2) is 0 Å². The predicted molar refractivity (Wildman–Crippen MR) is 106 cm³/mol. The number of anilines is 1. The fraction of sp³-hybridized carbons (Fsp3) is 0.304. The van der Waals surface area contributed by atoms with E-state index in [1.54, 1.807) is 12.1 Å². The molecule has 1 fully saturated rings. The molecule has 1 heterocycles. The van der Waals surface area contributed by atoms with Crippen molar-refractivity contribution in [3.63, 3.8) is 0 Å². The minimum Gasteiger partial charge on any atom is -0.328 e. The summed E-state index contributed by atoms with van der Waals surface area (Å²) in [5.74, 6) is -0.895. The number of carbonyl (C=O) groups is 2. The average molecular weight is 378 g/mol. The molecule has 2 aromatic rings. The lowest BCUT2D eigenvalue weighted by Crippen LogP contribution is -2.36. The SMILES string of the molecule is O=C(CC1=C2CCCCC2N(Cc2ccccc2)C1=O)Nc1ccccc1F. The average Bonchev–Trinajstić information content (AvgIpc) is 2.96. The van der Waals surface area contributed by atoms with Crippen molar-refractivity contribution in [2.75, 3.05) is 5.32 Å². The minimum atomic E-state index is -0.479. The molecule has 144 valence electrons. The molecule has 5 heteroatoms. The highest BCUT2D eigenvalue weighted by Crippen LogP contribution is 2.38. The molecule has 1 atom stereocenters. The second-order valence-electron chi connectivity index (χ2n) is 7.39. The van der Waals surface area contributed by atoms with E-state index in [4.69, 9.17) is 0 Å². The highest BCUT2D eigenvalue weighted by molar-refractivity contribution is 6.04. The number of nitrogens with zero attached hydrogens (tertiary/aromatic N) is 1. The van der Waals surface area contributed by atoms with Crippen LogP contribution in [0.5, 0.6) is 0 Å². The Bertz CT molecular complexity index is 923. The lowest BCUT2D eigenvalue weighted by Gasteiger charge is -2.30. The van der Waals surface area contributed by atoms with Crippen LogP contribution in [0.2, 0.25) is 0 Å². The Hall–Kier alpha value is -2.95. The van der Waals surface area contributed by atoms with Crippen molar-refractivity contribution in [3.8, 4) is 0 Å². The number of carbonyl (C=O) groups excluding carboxylic acids is 2. The summed E-state index contributed by atoms with van der Waals surface area (Å²) in [5, 5.41) is 2.60. The van der Waals surface area contributed by atoms with Gasteiger partial charge in [0.25, 0.3) is 5.91 Å². The number of hydrogen-bond donors (Lipinski definition) is 1. The third-order valence-corrected chi connectivity index (χ3v) is 5.54. The van der Waals surface area contributed by atoms with Gasteiger partial charge in [0.1, 0.15) is 5.82 Å². The monoisotopic (exact) mass is 378 g/mol. The van der Waals surface area contributed by atoms with E-state index >= 15 is 0 Å². The molecule has 0 bridgehead atoms. The van der Waals surface area contributed by atoms with E-state index in [0.29, 0.717) is 12.1 Å². The maximum absolute atomic E-state index is 13.8. The summed E-state index contributed by atoms with van der Waals surface area (Å²) in [6.07, 6.45) is 3.90. The number of fused-ring (bicyclic) bond motifs is 1. The normalized spacial score (nSPS) is 19.0. The number of rotatable bonds is 5. The van der Waals surface area contributed by atoms with Crippen LogP contribution in [-0.4, -0.2) is 22.8 Å². The van der Waals surface area contributed by atoms with Crippen LogP contribution in [0.4, 0.5) is 10.1 Å². The molecule has 1 aliphatic heterocycles. The molecule has 1 N–H and O–H groups in total. The van der Waals surface area contributed by atoms with E-state index in [9.17, 15) is 14.0 Å². The van der Waals surface area contributed by atoms with Crippen molar-refractivity contribution in [1.29, 1.82) is 0 Å². The second-order valence-corrected chi connectivity index (χ2v) is 7.39. The zero-order valence-electron chi connectivity index (χ0n) is 15.7. The van der Waals surface area contributed by atoms with Crippen LogP contribution in [0.25, 0.3) is 0 Å². The number of amides is 2. The molecule has 2 amide bonds. The maximum atomic E-state index is 13.8. The summed E-state index contributed by atoms with van der Waals surface area (Å²) < 4.78 is 13.8. The van der Waals surface area contributed by atoms with Crippen LogP contribution in [-0.2, 0) is 16.1 Å². The molecule has 0 spiro atoms. The van der Waals surface area contributed by atoms with Gasteiger partial charge in [0.2, 0.25) is 5.91 Å². The Balaban J connectivity index is 1.52. The Morgan fingerprint density at radius 2 is 1.82 bits per heavy atom. The Morgan fingerprint density at radius 3 is 2.61 bits per heavy atom. The summed E-state index contributed by atoms with van der Waals surface area (Å²) >= 11 is 0. The van der Waals surface area contributed by atoms with Crippen LogP contribution in [0, 0.1) is 5.82 Å². The van der Waals surface area contributed by atoms with Gasteiger partial charge in [0, 0.05) is 12.1 Å². The summed E-state index contributed by atoms with van der Waals surface area (Å²) in [5.41, 5.74) is 2.91. The van der Waals surface area contributed by atoms with Gasteiger partial charge < -0.3 is 10.2 Å². The molecule has 4 nitrogen and oxygen atoms in total. The smallest absolute Gasteiger partial charge is 0.251 e. The molecule has 2 aliphatic rings. The van der Waals surface area contributed by atoms with Crippen molar-refractivity contribution < 1.29 is 14.0 Å². The first-order valence-electron chi connectivity index (χ1n) is 9.74. The third-order valence-electron chi connectivity index (χ3n) is 5.54. The number of para-hydroxylation sites is 1. The fourth-order valence-electron chi connectivity index (χ4n) is 4.21. The number of nitrogens with one attached hydrogen (secondary N) is 1. The molecule has 0 radical (unpaired) electrons. The Labute approximate surface area is 164 Å². The van der Waals surface area contributed by atoms with E-state index in [2.05, 4.69) is 5.32 Å². The largest absolute Gasteiger partial charge is 0.328 e. The van der Waals surface area contributed by atoms with Gasteiger partial charge in [-0.05, 0) is 42.5 Å². The first-order chi connectivity index (χ1) is 13.6. The summed E-state index contributed by atoms with van der Waals surface area (Å²) in [6.45, 7) is 0.548. The molecule has 4 rings (SSSR count). The molecular weight excluding hydrogens is 355 g/mol. The molecule has 1 unspecified atom stereocenters. The standard InChI is InChI=1S/C23H23FN2O2/c24-19-11-5-6-12-20(19)25-22(27)14-18-17-10-4-7-13-21(17)26(23(18)28)15-16-8-2-1-3-9-16/h1-3,5-6,8-9,11-12,21H,4,7,10,13-15H2,(H,25,27). The van der Waals surface area contributed by atoms with Crippen LogP contribution < -0.4 is 5.32 Å². The van der Waals surface area contributed by atoms with Gasteiger partial charge in [-0.1, -0.05) is 48.9 Å². The van der Waals surface area contributed by atoms with Gasteiger partial charge in [-0.3, -0.25) is 9.59 Å². The highest BCUT2D eigenvalue weighted by Gasteiger charge is 2.40. The predicted octanol–water partition coefficient (Wildman–Crippen LogP) is 4.44. The van der Waals surface area contributed by atoms with Crippen molar-refractivity contribution in [3.05, 3.63) is 77.1 Å². The van der Waals surface area contributed by atoms with E-state index in [-0.39, 0.29) is 30.0 Å². The zero-order valence-corrected chi connectivity index (χ0v) is 15.7. The van der Waals surface area contributed by atoms with E-state index < -0.39 is 5.82 Å². The van der Waals surface area contributed by atoms with E-state index in [0.717, 1.165) is 36.8 Å². The lowest BCUT2D eigenvalue weighted by atomic mass is 9.88. The molecular formula is C23H23FN2O2. The van der Waals surface area contributed by atoms with Crippen LogP contribution in [0.3, 0.4) is 0 Å². The van der Waals surface area contributed by atoms with Gasteiger partial charge in [-0.15, -0.1) is 0 Å². The molecule has 1 saturated carbocycles. The van der Waals surface area contributed by atoms with Crippen molar-refractivity contribution in [2.45, 2.75) is 44.7 Å². The lowest BCUT2D eigenvalue weighted by molar-refractivity contribution is -0.129. The van der Waals surface area contributed by atoms with Crippen LogP contribution in [0.15, 0.2) is 65.7 Å². The summed E-state index contributed by atoms with van der Waals surface area (Å²) in [4.78, 5) is 27.6. The zero-order chi connectivity index (χ0) is 19.5. The van der Waals surface area contributed by atoms with Crippen LogP contribution >= 0.6 is 0 Å². The van der Waals surface area contributed by atoms with Gasteiger partial charge >= 0.3 is 0 Å². The first-order valence-corrected chi connectivity index (χ1v) is 9.74. The molecule has 0 aromatic heterocycles. The van der Waals surface area contributed by atoms with E-state index in [1.807, 2.05) is 35.2 Å². The van der Waals surface area contributed by atoms with Gasteiger partial charge in [-0.2, -0.15) is 0 Å². The second kappa shape index (κ2) is 7.97. The van der Waals surface area contributed by atoms with E-state index in [1.165, 1.54) is 12.1 Å². The van der Waals surface area contributed by atoms with Crippen LogP contribution in [0.1, 0.15) is 37.7 Å². The number of hydrogen-bond acceptors (Lipinski definition) is 2. The first kappa shape index (κ1) is 18.4. The molecule has 0 saturated heterocycles. The van der Waals surface area contributed by atoms with Crippen molar-refractivity contribution in [1.82, 2.24) is 4.90 Å². The third kappa shape index (κ3) is 3.70. The maximum Gasteiger partial charge on any atom is 0.251 e. The number of benzene rings is 2. The van der Waals surface area contributed by atoms with Crippen molar-refractivity contribution >= 4 is 17.5 Å². The molecule has 2 aromatic carbocycles. The highest BCUT2D eigenvalue weighted by atomic mass is 19.1. The van der Waals surface area contributed by atoms with Gasteiger partial charge in [0.05, 0.1) is 18.2 Å². The summed E-state index contributed by atoms with van der Waals surface area (Å²) in [7, 11) is 0. The Kier molecular flexibility index (Phi) is 5.24. The van der Waals surface area contributed by atoms with Gasteiger partial charge in [-0.25, -0.2) is 4.39 Å². The van der Waals surface area contributed by atoms with Crippen molar-refractivity contribution in [2.24, 2.45) is 0 Å². The minimum absolute atomic E-state index is 0.00963. The molecule has 1 aliphatic carbocycles.